The summed E-state index contributed by atoms with van der Waals surface area (Å²) in [6.45, 7) is 7.97. The maximum atomic E-state index is 13.3. The van der Waals surface area contributed by atoms with E-state index >= 15 is 0 Å². The molecule has 0 aliphatic carbocycles. The van der Waals surface area contributed by atoms with Crippen LogP contribution in [-0.2, 0) is 9.59 Å². The van der Waals surface area contributed by atoms with Gasteiger partial charge in [-0.3, -0.25) is 14.9 Å². The van der Waals surface area contributed by atoms with Gasteiger partial charge in [-0.15, -0.1) is 0 Å². The molecular formula is C23H32N4O3Si. The first kappa shape index (κ1) is 23.0. The maximum absolute atomic E-state index is 13.3. The fourth-order valence-corrected chi connectivity index (χ4v) is 4.80. The van der Waals surface area contributed by atoms with Gasteiger partial charge in [-0.1, -0.05) is 49.1 Å². The van der Waals surface area contributed by atoms with Gasteiger partial charge in [0, 0.05) is 25.9 Å². The Morgan fingerprint density at radius 1 is 1.10 bits per heavy atom. The number of hydrogen-bond acceptors (Lipinski definition) is 5. The number of nitrogens with one attached hydrogen (secondary N) is 3. The van der Waals surface area contributed by atoms with E-state index in [2.05, 4.69) is 47.7 Å². The van der Waals surface area contributed by atoms with Gasteiger partial charge >= 0.3 is 0 Å². The van der Waals surface area contributed by atoms with Crippen LogP contribution in [0.2, 0.25) is 19.6 Å². The number of carbonyl (C=O) groups is 2. The summed E-state index contributed by atoms with van der Waals surface area (Å²) in [6, 6.07) is 14.1. The van der Waals surface area contributed by atoms with Crippen molar-refractivity contribution in [3.63, 3.8) is 0 Å². The summed E-state index contributed by atoms with van der Waals surface area (Å²) in [6.07, 6.45) is 0. The SMILES string of the molecule is COc1ccc(C(C(=O)Nc2ccc([Si](C)(C)C)cc2)N(C)C(=O)C2CNCN2)cc1. The highest BCUT2D eigenvalue weighted by Gasteiger charge is 2.33. The standard InChI is InChI=1S/C23H32N4O3Si/c1-27(23(29)20-14-24-15-25-20)21(16-6-10-18(30-2)11-7-16)22(28)26-17-8-12-19(13-9-17)31(3,4)5/h6-13,20-21,24-25H,14-15H2,1-5H3,(H,26,28). The molecule has 7 nitrogen and oxygen atoms in total. The van der Waals surface area contributed by atoms with Crippen LogP contribution in [0.15, 0.2) is 48.5 Å². The molecule has 8 heteroatoms. The first-order valence-corrected chi connectivity index (χ1v) is 14.0. The lowest BCUT2D eigenvalue weighted by Gasteiger charge is -2.30. The molecule has 1 aliphatic rings. The number of nitrogens with zero attached hydrogens (tertiary/aromatic N) is 1. The molecule has 3 N–H and O–H groups in total. The molecule has 3 rings (SSSR count). The summed E-state index contributed by atoms with van der Waals surface area (Å²) in [4.78, 5) is 27.9. The second-order valence-corrected chi connectivity index (χ2v) is 13.9. The minimum absolute atomic E-state index is 0.130. The average molecular weight is 441 g/mol. The molecule has 1 aliphatic heterocycles. The van der Waals surface area contributed by atoms with Crippen molar-refractivity contribution >= 4 is 30.8 Å². The van der Waals surface area contributed by atoms with Crippen LogP contribution in [0.25, 0.3) is 0 Å². The normalized spacial score (nSPS) is 17.1. The summed E-state index contributed by atoms with van der Waals surface area (Å²) >= 11 is 0. The van der Waals surface area contributed by atoms with Crippen LogP contribution < -0.4 is 25.9 Å². The van der Waals surface area contributed by atoms with Crippen molar-refractivity contribution in [2.24, 2.45) is 0 Å². The molecule has 0 bridgehead atoms. The van der Waals surface area contributed by atoms with Crippen LogP contribution in [0.5, 0.6) is 5.75 Å². The van der Waals surface area contributed by atoms with E-state index in [9.17, 15) is 9.59 Å². The van der Waals surface area contributed by atoms with Gasteiger partial charge in [0.1, 0.15) is 17.8 Å². The van der Waals surface area contributed by atoms with E-state index in [-0.39, 0.29) is 17.9 Å². The lowest BCUT2D eigenvalue weighted by Crippen LogP contribution is -2.47. The van der Waals surface area contributed by atoms with E-state index in [0.29, 0.717) is 24.7 Å². The zero-order valence-corrected chi connectivity index (χ0v) is 19.9. The van der Waals surface area contributed by atoms with Crippen LogP contribution in [0.4, 0.5) is 5.69 Å². The third-order valence-corrected chi connectivity index (χ3v) is 7.62. The molecule has 2 aromatic rings. The molecule has 0 aromatic heterocycles. The van der Waals surface area contributed by atoms with Crippen molar-refractivity contribution in [2.75, 3.05) is 32.7 Å². The van der Waals surface area contributed by atoms with Gasteiger partial charge in [0.25, 0.3) is 5.91 Å². The Hall–Kier alpha value is -2.68. The van der Waals surface area contributed by atoms with Crippen molar-refractivity contribution in [3.05, 3.63) is 54.1 Å². The number of ether oxygens (including phenoxy) is 1. The largest absolute Gasteiger partial charge is 0.497 e. The predicted octanol–water partition coefficient (Wildman–Crippen LogP) is 1.90. The second-order valence-electron chi connectivity index (χ2n) is 8.83. The van der Waals surface area contributed by atoms with Gasteiger partial charge in [-0.05, 0) is 29.8 Å². The first-order chi connectivity index (χ1) is 14.7. The van der Waals surface area contributed by atoms with Crippen LogP contribution >= 0.6 is 0 Å². The number of methoxy groups -OCH3 is 1. The number of benzene rings is 2. The Balaban J connectivity index is 1.85. The fraction of sp³-hybridized carbons (Fsp3) is 0.391. The van der Waals surface area contributed by atoms with Gasteiger partial charge in [0.15, 0.2) is 0 Å². The predicted molar refractivity (Wildman–Crippen MR) is 126 cm³/mol. The lowest BCUT2D eigenvalue weighted by molar-refractivity contribution is -0.138. The highest BCUT2D eigenvalue weighted by molar-refractivity contribution is 6.88. The van der Waals surface area contributed by atoms with Gasteiger partial charge < -0.3 is 20.3 Å². The van der Waals surface area contributed by atoms with E-state index in [4.69, 9.17) is 4.74 Å². The number of hydrogen-bond donors (Lipinski definition) is 3. The molecule has 0 saturated carbocycles. The van der Waals surface area contributed by atoms with Gasteiger partial charge in [-0.25, -0.2) is 0 Å². The highest BCUT2D eigenvalue weighted by Crippen LogP contribution is 2.25. The lowest BCUT2D eigenvalue weighted by atomic mass is 10.0. The van der Waals surface area contributed by atoms with E-state index < -0.39 is 14.1 Å². The molecule has 2 amide bonds. The number of anilines is 1. The highest BCUT2D eigenvalue weighted by atomic mass is 28.3. The van der Waals surface area contributed by atoms with Crippen molar-refractivity contribution in [3.8, 4) is 5.75 Å². The average Bonchev–Trinajstić information content (AvgIpc) is 3.28. The Morgan fingerprint density at radius 3 is 2.26 bits per heavy atom. The molecule has 1 heterocycles. The smallest absolute Gasteiger partial charge is 0.251 e. The van der Waals surface area contributed by atoms with E-state index in [1.54, 1.807) is 26.3 Å². The molecule has 31 heavy (non-hydrogen) atoms. The van der Waals surface area contributed by atoms with Crippen molar-refractivity contribution in [2.45, 2.75) is 31.7 Å². The van der Waals surface area contributed by atoms with Crippen LogP contribution in [-0.4, -0.2) is 58.2 Å². The molecule has 1 saturated heterocycles. The second kappa shape index (κ2) is 9.63. The third kappa shape index (κ3) is 5.52. The Labute approximate surface area is 185 Å². The summed E-state index contributed by atoms with van der Waals surface area (Å²) in [5, 5.41) is 10.5. The molecule has 166 valence electrons. The first-order valence-electron chi connectivity index (χ1n) is 10.5. The summed E-state index contributed by atoms with van der Waals surface area (Å²) < 4.78 is 5.24. The molecule has 0 spiro atoms. The molecule has 2 atom stereocenters. The zero-order chi connectivity index (χ0) is 22.6. The Bertz CT molecular complexity index is 904. The van der Waals surface area contributed by atoms with Gasteiger partial charge in [-0.2, -0.15) is 0 Å². The number of likely N-dealkylation sites (N-methyl/N-ethyl adjacent to an activating group) is 1. The van der Waals surface area contributed by atoms with E-state index in [1.807, 2.05) is 24.3 Å². The molecule has 0 radical (unpaired) electrons. The summed E-state index contributed by atoms with van der Waals surface area (Å²) in [7, 11) is 1.85. The van der Waals surface area contributed by atoms with Crippen LogP contribution in [0.1, 0.15) is 11.6 Å². The quantitative estimate of drug-likeness (QED) is 0.573. The van der Waals surface area contributed by atoms with Gasteiger partial charge in [0.05, 0.1) is 15.2 Å². The number of rotatable bonds is 7. The van der Waals surface area contributed by atoms with Crippen molar-refractivity contribution in [1.82, 2.24) is 15.5 Å². The monoisotopic (exact) mass is 440 g/mol. The van der Waals surface area contributed by atoms with Gasteiger partial charge in [0.2, 0.25) is 5.91 Å². The Kier molecular flexibility index (Phi) is 7.14. The third-order valence-electron chi connectivity index (χ3n) is 5.55. The minimum Gasteiger partial charge on any atom is -0.497 e. The summed E-state index contributed by atoms with van der Waals surface area (Å²) in [5.74, 6) is 0.309. The molecule has 1 fully saturated rings. The number of carbonyl (C=O) groups excluding carboxylic acids is 2. The number of amides is 2. The molecular weight excluding hydrogens is 408 g/mol. The van der Waals surface area contributed by atoms with Crippen LogP contribution in [0.3, 0.4) is 0 Å². The maximum Gasteiger partial charge on any atom is 0.251 e. The zero-order valence-electron chi connectivity index (χ0n) is 18.9. The fourth-order valence-electron chi connectivity index (χ4n) is 3.63. The summed E-state index contributed by atoms with van der Waals surface area (Å²) in [5.41, 5.74) is 1.44. The van der Waals surface area contributed by atoms with Crippen LogP contribution in [0, 0.1) is 0 Å². The van der Waals surface area contributed by atoms with E-state index in [1.165, 1.54) is 10.1 Å². The molecule has 2 unspecified atom stereocenters. The minimum atomic E-state index is -1.42. The van der Waals surface area contributed by atoms with Crippen molar-refractivity contribution < 1.29 is 14.3 Å². The van der Waals surface area contributed by atoms with Crippen molar-refractivity contribution in [1.29, 1.82) is 0 Å². The molecule has 2 aromatic carbocycles. The topological polar surface area (TPSA) is 82.7 Å². The Morgan fingerprint density at radius 2 is 1.74 bits per heavy atom. The van der Waals surface area contributed by atoms with E-state index in [0.717, 1.165) is 5.56 Å².